The van der Waals surface area contributed by atoms with Crippen molar-refractivity contribution in [3.05, 3.63) is 30.1 Å². The van der Waals surface area contributed by atoms with Crippen molar-refractivity contribution in [2.45, 2.75) is 51.4 Å². The van der Waals surface area contributed by atoms with Gasteiger partial charge in [0.2, 0.25) is 0 Å². The lowest BCUT2D eigenvalue weighted by molar-refractivity contribution is 0.0519. The number of piperidine rings is 1. The lowest BCUT2D eigenvalue weighted by atomic mass is 10.1. The van der Waals surface area contributed by atoms with Gasteiger partial charge in [-0.3, -0.25) is 0 Å². The highest BCUT2D eigenvalue weighted by Gasteiger charge is 2.22. The van der Waals surface area contributed by atoms with Crippen LogP contribution in [0.2, 0.25) is 0 Å². The number of hydrogen-bond donors (Lipinski definition) is 2. The minimum absolute atomic E-state index is 0.132. The van der Waals surface area contributed by atoms with Crippen LogP contribution in [0.15, 0.2) is 24.3 Å². The molecule has 146 valence electrons. The molecule has 1 saturated heterocycles. The second-order valence-electron chi connectivity index (χ2n) is 7.71. The maximum absolute atomic E-state index is 12.9. The Labute approximate surface area is 154 Å². The molecule has 6 nitrogen and oxygen atoms in total. The predicted octanol–water partition coefficient (Wildman–Crippen LogP) is 2.52. The molecule has 1 heterocycles. The number of nitrogens with zero attached hydrogens (tertiary/aromatic N) is 1. The van der Waals surface area contributed by atoms with E-state index < -0.39 is 11.7 Å². The molecule has 1 unspecified atom stereocenters. The average molecular weight is 367 g/mol. The van der Waals surface area contributed by atoms with Gasteiger partial charge in [0, 0.05) is 32.2 Å². The lowest BCUT2D eigenvalue weighted by Gasteiger charge is -2.33. The zero-order valence-electron chi connectivity index (χ0n) is 15.8. The van der Waals surface area contributed by atoms with Crippen molar-refractivity contribution in [2.24, 2.45) is 5.73 Å². The van der Waals surface area contributed by atoms with Gasteiger partial charge in [-0.25, -0.2) is 9.18 Å². The summed E-state index contributed by atoms with van der Waals surface area (Å²) in [4.78, 5) is 13.9. The van der Waals surface area contributed by atoms with E-state index >= 15 is 0 Å². The second kappa shape index (κ2) is 9.19. The van der Waals surface area contributed by atoms with Crippen LogP contribution in [0.1, 0.15) is 33.6 Å². The molecule has 7 heteroatoms. The Morgan fingerprint density at radius 2 is 1.92 bits per heavy atom. The highest BCUT2D eigenvalue weighted by atomic mass is 19.1. The third kappa shape index (κ3) is 7.58. The number of nitrogens with one attached hydrogen (secondary N) is 1. The van der Waals surface area contributed by atoms with Crippen LogP contribution in [0.5, 0.6) is 5.75 Å². The predicted molar refractivity (Wildman–Crippen MR) is 98.7 cm³/mol. The fourth-order valence-electron chi connectivity index (χ4n) is 2.84. The van der Waals surface area contributed by atoms with Crippen LogP contribution in [0.4, 0.5) is 9.18 Å². The number of likely N-dealkylation sites (tertiary alicyclic amines) is 1. The molecule has 0 aromatic heterocycles. The molecule has 0 radical (unpaired) electrons. The van der Waals surface area contributed by atoms with Crippen molar-refractivity contribution in [3.63, 3.8) is 0 Å². The van der Waals surface area contributed by atoms with E-state index in [-0.39, 0.29) is 18.0 Å². The fraction of sp³-hybridized carbons (Fsp3) is 0.632. The summed E-state index contributed by atoms with van der Waals surface area (Å²) < 4.78 is 24.0. The molecule has 1 aliphatic rings. The summed E-state index contributed by atoms with van der Waals surface area (Å²) in [6.07, 6.45) is 1.47. The summed E-state index contributed by atoms with van der Waals surface area (Å²) >= 11 is 0. The van der Waals surface area contributed by atoms with Crippen molar-refractivity contribution in [2.75, 3.05) is 26.2 Å². The van der Waals surface area contributed by atoms with Gasteiger partial charge >= 0.3 is 6.09 Å². The van der Waals surface area contributed by atoms with Crippen LogP contribution >= 0.6 is 0 Å². The van der Waals surface area contributed by atoms with E-state index in [1.165, 1.54) is 12.1 Å². The van der Waals surface area contributed by atoms with E-state index in [0.29, 0.717) is 18.8 Å². The zero-order valence-corrected chi connectivity index (χ0v) is 15.8. The molecular formula is C19H30FN3O3. The first kappa shape index (κ1) is 20.5. The number of hydrogen-bond acceptors (Lipinski definition) is 5. The molecule has 2 rings (SSSR count). The number of halogens is 1. The van der Waals surface area contributed by atoms with Crippen LogP contribution in [-0.2, 0) is 4.74 Å². The van der Waals surface area contributed by atoms with Gasteiger partial charge in [-0.05, 0) is 57.9 Å². The molecule has 1 aromatic carbocycles. The second-order valence-corrected chi connectivity index (χ2v) is 7.71. The summed E-state index contributed by atoms with van der Waals surface area (Å²) in [7, 11) is 0. The fourth-order valence-corrected chi connectivity index (χ4v) is 2.84. The van der Waals surface area contributed by atoms with Crippen molar-refractivity contribution < 1.29 is 18.7 Å². The first-order chi connectivity index (χ1) is 12.2. The Morgan fingerprint density at radius 1 is 1.31 bits per heavy atom. The normalized spacial score (nSPS) is 17.6. The molecule has 0 saturated carbocycles. The largest absolute Gasteiger partial charge is 0.490 e. The summed E-state index contributed by atoms with van der Waals surface area (Å²) in [6, 6.07) is 5.96. The van der Waals surface area contributed by atoms with E-state index in [0.717, 1.165) is 25.9 Å². The average Bonchev–Trinajstić information content (AvgIpc) is 2.55. The number of benzene rings is 1. The Hall–Kier alpha value is -1.86. The minimum Gasteiger partial charge on any atom is -0.490 e. The van der Waals surface area contributed by atoms with Crippen LogP contribution < -0.4 is 15.8 Å². The number of amides is 1. The maximum Gasteiger partial charge on any atom is 0.407 e. The number of ether oxygens (including phenoxy) is 2. The van der Waals surface area contributed by atoms with E-state index in [1.807, 2.05) is 20.8 Å². The van der Waals surface area contributed by atoms with Crippen molar-refractivity contribution in [1.29, 1.82) is 0 Å². The van der Waals surface area contributed by atoms with E-state index in [9.17, 15) is 9.18 Å². The minimum atomic E-state index is -0.513. The molecule has 0 aliphatic carbocycles. The molecule has 0 spiro atoms. The topological polar surface area (TPSA) is 76.8 Å². The Morgan fingerprint density at radius 3 is 2.50 bits per heavy atom. The molecule has 3 N–H and O–H groups in total. The standard InChI is InChI=1S/C19H30FN3O3/c1-19(2,3)26-18(24)22-12-15(21)13-23-10-8-17(9-11-23)25-16-6-4-14(20)5-7-16/h4-7,15,17H,8-13,21H2,1-3H3,(H,22,24). The highest BCUT2D eigenvalue weighted by molar-refractivity contribution is 5.67. The summed E-state index contributed by atoms with van der Waals surface area (Å²) in [5, 5.41) is 2.71. The van der Waals surface area contributed by atoms with Gasteiger partial charge in [-0.1, -0.05) is 0 Å². The van der Waals surface area contributed by atoms with Crippen LogP contribution in [0.3, 0.4) is 0 Å². The quantitative estimate of drug-likeness (QED) is 0.808. The molecule has 0 bridgehead atoms. The molecule has 1 fully saturated rings. The molecule has 1 aliphatic heterocycles. The number of nitrogens with two attached hydrogens (primary N) is 1. The van der Waals surface area contributed by atoms with Crippen LogP contribution in [0, 0.1) is 5.82 Å². The van der Waals surface area contributed by atoms with Crippen LogP contribution in [0.25, 0.3) is 0 Å². The van der Waals surface area contributed by atoms with Crippen molar-refractivity contribution >= 4 is 6.09 Å². The van der Waals surface area contributed by atoms with Crippen LogP contribution in [-0.4, -0.2) is 54.9 Å². The van der Waals surface area contributed by atoms with Gasteiger partial charge in [-0.15, -0.1) is 0 Å². The van der Waals surface area contributed by atoms with Crippen molar-refractivity contribution in [1.82, 2.24) is 10.2 Å². The van der Waals surface area contributed by atoms with Crippen molar-refractivity contribution in [3.8, 4) is 5.75 Å². The molecule has 26 heavy (non-hydrogen) atoms. The zero-order chi connectivity index (χ0) is 19.2. The van der Waals surface area contributed by atoms with E-state index in [2.05, 4.69) is 10.2 Å². The van der Waals surface area contributed by atoms with E-state index in [1.54, 1.807) is 12.1 Å². The number of rotatable bonds is 6. The Balaban J connectivity index is 1.64. The smallest absolute Gasteiger partial charge is 0.407 e. The monoisotopic (exact) mass is 367 g/mol. The summed E-state index contributed by atoms with van der Waals surface area (Å²) in [5.41, 5.74) is 5.60. The summed E-state index contributed by atoms with van der Waals surface area (Å²) in [6.45, 7) is 8.32. The molecule has 1 atom stereocenters. The van der Waals surface area contributed by atoms with E-state index in [4.69, 9.17) is 15.2 Å². The summed E-state index contributed by atoms with van der Waals surface area (Å²) in [5.74, 6) is 0.435. The van der Waals surface area contributed by atoms with Gasteiger partial charge in [0.15, 0.2) is 0 Å². The maximum atomic E-state index is 12.9. The van der Waals surface area contributed by atoms with Gasteiger partial charge in [-0.2, -0.15) is 0 Å². The first-order valence-electron chi connectivity index (χ1n) is 9.08. The number of carbonyl (C=O) groups excluding carboxylic acids is 1. The van der Waals surface area contributed by atoms with Gasteiger partial charge in [0.25, 0.3) is 0 Å². The third-order valence-corrected chi connectivity index (χ3v) is 4.05. The molecule has 1 amide bonds. The molecular weight excluding hydrogens is 337 g/mol. The van der Waals surface area contributed by atoms with Gasteiger partial charge in [0.05, 0.1) is 0 Å². The Bertz CT molecular complexity index is 566. The highest BCUT2D eigenvalue weighted by Crippen LogP contribution is 2.19. The third-order valence-electron chi connectivity index (χ3n) is 4.05. The van der Waals surface area contributed by atoms with Gasteiger partial charge < -0.3 is 25.4 Å². The molecule has 1 aromatic rings. The van der Waals surface area contributed by atoms with Gasteiger partial charge in [0.1, 0.15) is 23.3 Å². The lowest BCUT2D eigenvalue weighted by Crippen LogP contribution is -2.48. The first-order valence-corrected chi connectivity index (χ1v) is 9.08. The Kier molecular flexibility index (Phi) is 7.23. The number of carbonyl (C=O) groups is 1. The SMILES string of the molecule is CC(C)(C)OC(=O)NCC(N)CN1CCC(Oc2ccc(F)cc2)CC1. The number of alkyl carbamates (subject to hydrolysis) is 1.